The summed E-state index contributed by atoms with van der Waals surface area (Å²) in [6.07, 6.45) is 9.78. The maximum Gasteiger partial charge on any atom is 0.308 e. The van der Waals surface area contributed by atoms with Crippen molar-refractivity contribution in [3.8, 4) is 0 Å². The molecule has 0 saturated carbocycles. The molecule has 3 heteroatoms. The third kappa shape index (κ3) is 13.5. The molecule has 0 N–H and O–H groups in total. The largest absolute Gasteiger partial charge is 0.466 e. The summed E-state index contributed by atoms with van der Waals surface area (Å²) in [5.74, 6) is -0.125. The van der Waals surface area contributed by atoms with Gasteiger partial charge in [0.2, 0.25) is 0 Å². The molecule has 0 aliphatic heterocycles. The molecule has 0 rings (SSSR count). The van der Waals surface area contributed by atoms with Crippen LogP contribution in [0, 0.1) is 0 Å². The zero-order chi connectivity index (χ0) is 13.5. The van der Waals surface area contributed by atoms with Crippen molar-refractivity contribution in [3.63, 3.8) is 0 Å². The van der Waals surface area contributed by atoms with Crippen molar-refractivity contribution < 1.29 is 14.3 Å². The Hall–Kier alpha value is -0.570. The van der Waals surface area contributed by atoms with Crippen molar-refractivity contribution in [2.75, 3.05) is 19.8 Å². The highest BCUT2D eigenvalue weighted by atomic mass is 16.5. The van der Waals surface area contributed by atoms with Crippen LogP contribution in [0.25, 0.3) is 0 Å². The van der Waals surface area contributed by atoms with E-state index in [4.69, 9.17) is 9.47 Å². The van der Waals surface area contributed by atoms with Crippen LogP contribution in [0.15, 0.2) is 0 Å². The molecule has 0 radical (unpaired) electrons. The quantitative estimate of drug-likeness (QED) is 0.368. The van der Waals surface area contributed by atoms with Gasteiger partial charge in [0, 0.05) is 6.61 Å². The third-order valence-electron chi connectivity index (χ3n) is 2.85. The van der Waals surface area contributed by atoms with Gasteiger partial charge < -0.3 is 9.47 Å². The molecule has 3 nitrogen and oxygen atoms in total. The lowest BCUT2D eigenvalue weighted by Crippen LogP contribution is -2.09. The summed E-state index contributed by atoms with van der Waals surface area (Å²) in [4.78, 5) is 11.3. The van der Waals surface area contributed by atoms with E-state index in [9.17, 15) is 4.79 Å². The second-order valence-electron chi connectivity index (χ2n) is 4.70. The number of unbranched alkanes of at least 4 members (excludes halogenated alkanes) is 6. The summed E-state index contributed by atoms with van der Waals surface area (Å²) in [6, 6.07) is 0. The number of rotatable bonds is 13. The average molecular weight is 258 g/mol. The van der Waals surface area contributed by atoms with E-state index in [-0.39, 0.29) is 5.97 Å². The Bertz CT molecular complexity index is 181. The first kappa shape index (κ1) is 17.4. The Morgan fingerprint density at radius 1 is 0.778 bits per heavy atom. The van der Waals surface area contributed by atoms with Crippen LogP contribution in [0.1, 0.15) is 71.6 Å². The summed E-state index contributed by atoms with van der Waals surface area (Å²) in [5, 5.41) is 0. The molecule has 0 spiro atoms. The lowest BCUT2D eigenvalue weighted by atomic mass is 10.2. The van der Waals surface area contributed by atoms with Gasteiger partial charge in [-0.2, -0.15) is 0 Å². The van der Waals surface area contributed by atoms with Crippen molar-refractivity contribution in [2.45, 2.75) is 71.6 Å². The van der Waals surface area contributed by atoms with E-state index in [1.807, 2.05) is 0 Å². The van der Waals surface area contributed by atoms with E-state index < -0.39 is 0 Å². The minimum atomic E-state index is -0.125. The standard InChI is InChI=1S/C15H30O3/c1-3-5-7-9-12-17-14-11-15(16)18-13-10-8-6-4-2/h3-14H2,1-2H3. The maximum absolute atomic E-state index is 11.3. The summed E-state index contributed by atoms with van der Waals surface area (Å²) >= 11 is 0. The van der Waals surface area contributed by atoms with Gasteiger partial charge >= 0.3 is 5.97 Å². The molecule has 0 heterocycles. The normalized spacial score (nSPS) is 10.6. The summed E-state index contributed by atoms with van der Waals surface area (Å²) in [7, 11) is 0. The number of carbonyl (C=O) groups excluding carboxylic acids is 1. The van der Waals surface area contributed by atoms with Gasteiger partial charge in [-0.15, -0.1) is 0 Å². The zero-order valence-electron chi connectivity index (χ0n) is 12.2. The molecule has 0 aromatic carbocycles. The fourth-order valence-corrected chi connectivity index (χ4v) is 1.68. The van der Waals surface area contributed by atoms with Crippen LogP contribution >= 0.6 is 0 Å². The minimum absolute atomic E-state index is 0.125. The van der Waals surface area contributed by atoms with Gasteiger partial charge in [0.1, 0.15) is 0 Å². The van der Waals surface area contributed by atoms with Gasteiger partial charge in [0.05, 0.1) is 19.6 Å². The molecule has 0 aliphatic carbocycles. The molecule has 0 bridgehead atoms. The van der Waals surface area contributed by atoms with E-state index in [0.717, 1.165) is 25.9 Å². The van der Waals surface area contributed by atoms with E-state index in [1.54, 1.807) is 0 Å². The van der Waals surface area contributed by atoms with Crippen LogP contribution in [0.4, 0.5) is 0 Å². The lowest BCUT2D eigenvalue weighted by molar-refractivity contribution is -0.145. The molecular formula is C15H30O3. The molecule has 0 aliphatic rings. The van der Waals surface area contributed by atoms with Gasteiger partial charge in [0.15, 0.2) is 0 Å². The minimum Gasteiger partial charge on any atom is -0.466 e. The topological polar surface area (TPSA) is 35.5 Å². The third-order valence-corrected chi connectivity index (χ3v) is 2.85. The Morgan fingerprint density at radius 2 is 1.39 bits per heavy atom. The van der Waals surface area contributed by atoms with Crippen LogP contribution < -0.4 is 0 Å². The Morgan fingerprint density at radius 3 is 2.00 bits per heavy atom. The van der Waals surface area contributed by atoms with E-state index in [1.165, 1.54) is 32.1 Å². The number of hydrogen-bond acceptors (Lipinski definition) is 3. The van der Waals surface area contributed by atoms with Crippen LogP contribution in [-0.4, -0.2) is 25.8 Å². The van der Waals surface area contributed by atoms with Gasteiger partial charge in [-0.05, 0) is 12.8 Å². The Balaban J connectivity index is 3.12. The molecule has 0 atom stereocenters. The second kappa shape index (κ2) is 14.5. The molecule has 0 unspecified atom stereocenters. The first-order valence-electron chi connectivity index (χ1n) is 7.54. The van der Waals surface area contributed by atoms with Crippen molar-refractivity contribution in [1.29, 1.82) is 0 Å². The molecule has 0 amide bonds. The predicted molar refractivity (Wildman–Crippen MR) is 74.7 cm³/mol. The zero-order valence-corrected chi connectivity index (χ0v) is 12.2. The van der Waals surface area contributed by atoms with Gasteiger partial charge in [-0.25, -0.2) is 0 Å². The number of hydrogen-bond donors (Lipinski definition) is 0. The van der Waals surface area contributed by atoms with E-state index in [0.29, 0.717) is 19.6 Å². The van der Waals surface area contributed by atoms with Gasteiger partial charge in [-0.3, -0.25) is 4.79 Å². The van der Waals surface area contributed by atoms with E-state index >= 15 is 0 Å². The Kier molecular flexibility index (Phi) is 14.0. The highest BCUT2D eigenvalue weighted by Gasteiger charge is 2.02. The highest BCUT2D eigenvalue weighted by Crippen LogP contribution is 2.01. The number of ether oxygens (including phenoxy) is 2. The fraction of sp³-hybridized carbons (Fsp3) is 0.933. The van der Waals surface area contributed by atoms with Crippen LogP contribution in [0.3, 0.4) is 0 Å². The summed E-state index contributed by atoms with van der Waals surface area (Å²) in [5.41, 5.74) is 0. The molecule has 0 aromatic heterocycles. The van der Waals surface area contributed by atoms with Crippen molar-refractivity contribution in [3.05, 3.63) is 0 Å². The fourth-order valence-electron chi connectivity index (χ4n) is 1.68. The van der Waals surface area contributed by atoms with Crippen LogP contribution in [0.5, 0.6) is 0 Å². The highest BCUT2D eigenvalue weighted by molar-refractivity contribution is 5.69. The summed E-state index contributed by atoms with van der Waals surface area (Å²) in [6.45, 7) is 6.19. The van der Waals surface area contributed by atoms with Crippen LogP contribution in [0.2, 0.25) is 0 Å². The summed E-state index contributed by atoms with van der Waals surface area (Å²) < 4.78 is 10.5. The van der Waals surface area contributed by atoms with Crippen molar-refractivity contribution >= 4 is 5.97 Å². The molecular weight excluding hydrogens is 228 g/mol. The van der Waals surface area contributed by atoms with Gasteiger partial charge in [0.25, 0.3) is 0 Å². The predicted octanol–water partition coefficient (Wildman–Crippen LogP) is 4.10. The Labute approximate surface area is 112 Å². The monoisotopic (exact) mass is 258 g/mol. The van der Waals surface area contributed by atoms with Crippen molar-refractivity contribution in [1.82, 2.24) is 0 Å². The second-order valence-corrected chi connectivity index (χ2v) is 4.70. The molecule has 0 aromatic rings. The molecule has 0 fully saturated rings. The van der Waals surface area contributed by atoms with Crippen molar-refractivity contribution in [2.24, 2.45) is 0 Å². The molecule has 0 saturated heterocycles. The van der Waals surface area contributed by atoms with Gasteiger partial charge in [-0.1, -0.05) is 52.4 Å². The number of esters is 1. The first-order valence-corrected chi connectivity index (χ1v) is 7.54. The first-order chi connectivity index (χ1) is 8.81. The lowest BCUT2D eigenvalue weighted by Gasteiger charge is -2.05. The number of carbonyl (C=O) groups is 1. The van der Waals surface area contributed by atoms with E-state index in [2.05, 4.69) is 13.8 Å². The van der Waals surface area contributed by atoms with Crippen LogP contribution in [-0.2, 0) is 14.3 Å². The maximum atomic E-state index is 11.3. The molecule has 108 valence electrons. The average Bonchev–Trinajstić information content (AvgIpc) is 2.37. The molecule has 18 heavy (non-hydrogen) atoms. The SMILES string of the molecule is CCCCCCOCCC(=O)OCCCCCC. The smallest absolute Gasteiger partial charge is 0.308 e.